The van der Waals surface area contributed by atoms with Gasteiger partial charge in [0, 0.05) is 18.1 Å². The fourth-order valence-electron chi connectivity index (χ4n) is 2.35. The van der Waals surface area contributed by atoms with Crippen LogP contribution in [-0.2, 0) is 11.3 Å². The van der Waals surface area contributed by atoms with Gasteiger partial charge in [0.05, 0.1) is 29.7 Å². The molecule has 122 valence electrons. The number of thiazole rings is 1. The molecule has 3 rings (SSSR count). The Morgan fingerprint density at radius 2 is 2.30 bits per heavy atom. The van der Waals surface area contributed by atoms with Gasteiger partial charge in [0.15, 0.2) is 0 Å². The van der Waals surface area contributed by atoms with Gasteiger partial charge in [0.25, 0.3) is 0 Å². The number of amides is 2. The Kier molecular flexibility index (Phi) is 5.38. The Hall–Kier alpha value is -1.34. The van der Waals surface area contributed by atoms with Crippen LogP contribution in [0, 0.1) is 0 Å². The minimum absolute atomic E-state index is 0.117. The zero-order valence-corrected chi connectivity index (χ0v) is 14.5. The van der Waals surface area contributed by atoms with Crippen molar-refractivity contribution in [1.29, 1.82) is 0 Å². The summed E-state index contributed by atoms with van der Waals surface area (Å²) in [6.45, 7) is 1.95. The summed E-state index contributed by atoms with van der Waals surface area (Å²) in [5.41, 5.74) is 0.914. The lowest BCUT2D eigenvalue weighted by Gasteiger charge is -2.33. The van der Waals surface area contributed by atoms with E-state index in [2.05, 4.69) is 10.3 Å². The van der Waals surface area contributed by atoms with Gasteiger partial charge in [-0.3, -0.25) is 0 Å². The fourth-order valence-corrected chi connectivity index (χ4v) is 3.21. The third-order valence-electron chi connectivity index (χ3n) is 3.54. The second-order valence-corrected chi connectivity index (χ2v) is 6.86. The number of hydrogen-bond acceptors (Lipinski definition) is 4. The number of aromatic nitrogens is 1. The lowest BCUT2D eigenvalue weighted by molar-refractivity contribution is -0.0154. The molecular formula is C15H15Cl2N3O2S. The monoisotopic (exact) mass is 371 g/mol. The van der Waals surface area contributed by atoms with E-state index < -0.39 is 0 Å². The average Bonchev–Trinajstić information content (AvgIpc) is 3.09. The maximum atomic E-state index is 12.3. The van der Waals surface area contributed by atoms with E-state index in [-0.39, 0.29) is 12.1 Å². The number of hydrogen-bond donors (Lipinski definition) is 1. The van der Waals surface area contributed by atoms with Gasteiger partial charge in [-0.2, -0.15) is 0 Å². The summed E-state index contributed by atoms with van der Waals surface area (Å²) in [5.74, 6) is 0. The molecule has 0 aliphatic carbocycles. The molecule has 0 spiro atoms. The van der Waals surface area contributed by atoms with Gasteiger partial charge in [0.2, 0.25) is 0 Å². The van der Waals surface area contributed by atoms with E-state index >= 15 is 0 Å². The SMILES string of the molecule is O=C(NCc1nccs1)N1CCOC(c2ccc(Cl)c(Cl)c2)C1. The van der Waals surface area contributed by atoms with Crippen molar-refractivity contribution >= 4 is 40.6 Å². The highest BCUT2D eigenvalue weighted by Gasteiger charge is 2.25. The van der Waals surface area contributed by atoms with Crippen LogP contribution in [0.15, 0.2) is 29.8 Å². The van der Waals surface area contributed by atoms with Crippen molar-refractivity contribution in [1.82, 2.24) is 15.2 Å². The van der Waals surface area contributed by atoms with Crippen molar-refractivity contribution in [2.75, 3.05) is 19.7 Å². The largest absolute Gasteiger partial charge is 0.370 e. The third kappa shape index (κ3) is 4.14. The van der Waals surface area contributed by atoms with Crippen molar-refractivity contribution < 1.29 is 9.53 Å². The molecule has 1 aliphatic rings. The molecule has 0 radical (unpaired) electrons. The van der Waals surface area contributed by atoms with Crippen LogP contribution >= 0.6 is 34.5 Å². The summed E-state index contributed by atoms with van der Waals surface area (Å²) in [4.78, 5) is 18.2. The maximum Gasteiger partial charge on any atom is 0.317 e. The van der Waals surface area contributed by atoms with Crippen molar-refractivity contribution in [2.45, 2.75) is 12.6 Å². The van der Waals surface area contributed by atoms with Crippen LogP contribution in [0.5, 0.6) is 0 Å². The molecule has 1 fully saturated rings. The molecule has 1 aliphatic heterocycles. The van der Waals surface area contributed by atoms with Gasteiger partial charge in [-0.15, -0.1) is 11.3 Å². The van der Waals surface area contributed by atoms with Gasteiger partial charge < -0.3 is 15.0 Å². The Balaban J connectivity index is 1.60. The standard InChI is InChI=1S/C15H15Cl2N3O2S/c16-11-2-1-10(7-12(11)17)13-9-20(4-5-22-13)15(21)19-8-14-18-3-6-23-14/h1-3,6-7,13H,4-5,8-9H2,(H,19,21). The minimum atomic E-state index is -0.205. The number of carbonyl (C=O) groups is 1. The highest BCUT2D eigenvalue weighted by atomic mass is 35.5. The predicted molar refractivity (Wildman–Crippen MR) is 91.1 cm³/mol. The molecule has 5 nitrogen and oxygen atoms in total. The van der Waals surface area contributed by atoms with E-state index in [1.165, 1.54) is 11.3 Å². The lowest BCUT2D eigenvalue weighted by Crippen LogP contribution is -2.46. The molecule has 8 heteroatoms. The first kappa shape index (κ1) is 16.5. The van der Waals surface area contributed by atoms with E-state index in [1.54, 1.807) is 23.2 Å². The average molecular weight is 372 g/mol. The fraction of sp³-hybridized carbons (Fsp3) is 0.333. The molecule has 1 unspecified atom stereocenters. The predicted octanol–water partition coefficient (Wildman–Crippen LogP) is 3.73. The van der Waals surface area contributed by atoms with Crippen molar-refractivity contribution in [2.24, 2.45) is 0 Å². The molecule has 2 amide bonds. The molecule has 1 atom stereocenters. The Morgan fingerprint density at radius 1 is 1.43 bits per heavy atom. The van der Waals surface area contributed by atoms with Crippen LogP contribution in [0.3, 0.4) is 0 Å². The quantitative estimate of drug-likeness (QED) is 0.893. The molecule has 2 heterocycles. The summed E-state index contributed by atoms with van der Waals surface area (Å²) >= 11 is 13.5. The molecule has 1 aromatic carbocycles. The number of urea groups is 1. The van der Waals surface area contributed by atoms with Crippen LogP contribution < -0.4 is 5.32 Å². The van der Waals surface area contributed by atoms with Gasteiger partial charge in [-0.1, -0.05) is 29.3 Å². The zero-order chi connectivity index (χ0) is 16.2. The van der Waals surface area contributed by atoms with E-state index in [4.69, 9.17) is 27.9 Å². The van der Waals surface area contributed by atoms with Gasteiger partial charge in [-0.25, -0.2) is 9.78 Å². The molecular weight excluding hydrogens is 357 g/mol. The van der Waals surface area contributed by atoms with Crippen LogP contribution in [-0.4, -0.2) is 35.6 Å². The molecule has 2 aromatic rings. The first-order valence-electron chi connectivity index (χ1n) is 7.11. The summed E-state index contributed by atoms with van der Waals surface area (Å²) in [6, 6.07) is 5.28. The number of rotatable bonds is 3. The van der Waals surface area contributed by atoms with Crippen LogP contribution in [0.1, 0.15) is 16.7 Å². The summed E-state index contributed by atoms with van der Waals surface area (Å²) in [6.07, 6.45) is 1.52. The molecule has 0 saturated carbocycles. The normalized spacial score (nSPS) is 18.0. The van der Waals surface area contributed by atoms with E-state index in [1.807, 2.05) is 11.4 Å². The lowest BCUT2D eigenvalue weighted by atomic mass is 10.1. The number of nitrogens with zero attached hydrogens (tertiary/aromatic N) is 2. The van der Waals surface area contributed by atoms with Crippen molar-refractivity contribution in [3.8, 4) is 0 Å². The number of nitrogens with one attached hydrogen (secondary N) is 1. The Morgan fingerprint density at radius 3 is 3.04 bits per heavy atom. The van der Waals surface area contributed by atoms with Crippen LogP contribution in [0.4, 0.5) is 4.79 Å². The Bertz CT molecular complexity index is 681. The summed E-state index contributed by atoms with van der Waals surface area (Å²) in [5, 5.41) is 6.64. The first-order valence-corrected chi connectivity index (χ1v) is 8.75. The molecule has 1 aromatic heterocycles. The number of ether oxygens (including phenoxy) is 1. The van der Waals surface area contributed by atoms with Gasteiger partial charge in [-0.05, 0) is 17.7 Å². The maximum absolute atomic E-state index is 12.3. The van der Waals surface area contributed by atoms with Crippen molar-refractivity contribution in [3.05, 3.63) is 50.4 Å². The zero-order valence-electron chi connectivity index (χ0n) is 12.2. The van der Waals surface area contributed by atoms with Crippen LogP contribution in [0.25, 0.3) is 0 Å². The molecule has 23 heavy (non-hydrogen) atoms. The van der Waals surface area contributed by atoms with Gasteiger partial charge >= 0.3 is 6.03 Å². The topological polar surface area (TPSA) is 54.5 Å². The smallest absolute Gasteiger partial charge is 0.317 e. The molecule has 1 N–H and O–H groups in total. The van der Waals surface area contributed by atoms with Gasteiger partial charge in [0.1, 0.15) is 11.1 Å². The summed E-state index contributed by atoms with van der Waals surface area (Å²) in [7, 11) is 0. The Labute approximate surface area is 148 Å². The third-order valence-corrected chi connectivity index (χ3v) is 5.06. The second-order valence-electron chi connectivity index (χ2n) is 5.06. The van der Waals surface area contributed by atoms with E-state index in [0.717, 1.165) is 10.6 Å². The number of benzene rings is 1. The van der Waals surface area contributed by atoms with Crippen molar-refractivity contribution in [3.63, 3.8) is 0 Å². The number of morpholine rings is 1. The molecule has 0 bridgehead atoms. The minimum Gasteiger partial charge on any atom is -0.370 e. The van der Waals surface area contributed by atoms with E-state index in [0.29, 0.717) is 36.3 Å². The number of halogens is 2. The van der Waals surface area contributed by atoms with Crippen LogP contribution in [0.2, 0.25) is 10.0 Å². The highest BCUT2D eigenvalue weighted by Crippen LogP contribution is 2.29. The second kappa shape index (κ2) is 7.49. The first-order chi connectivity index (χ1) is 11.1. The molecule has 1 saturated heterocycles. The number of carbonyl (C=O) groups excluding carboxylic acids is 1. The summed E-state index contributed by atoms with van der Waals surface area (Å²) < 4.78 is 5.76. The van der Waals surface area contributed by atoms with E-state index in [9.17, 15) is 4.79 Å². The highest BCUT2D eigenvalue weighted by molar-refractivity contribution is 7.09.